The molecule has 6 heteroatoms. The maximum absolute atomic E-state index is 12.6. The van der Waals surface area contributed by atoms with Gasteiger partial charge in [-0.1, -0.05) is 0 Å². The predicted octanol–water partition coefficient (Wildman–Crippen LogP) is 1.12. The van der Waals surface area contributed by atoms with E-state index in [4.69, 9.17) is 5.73 Å². The predicted molar refractivity (Wildman–Crippen MR) is 72.2 cm³/mol. The van der Waals surface area contributed by atoms with Crippen molar-refractivity contribution >= 4 is 23.6 Å². The van der Waals surface area contributed by atoms with Gasteiger partial charge in [-0.25, -0.2) is 4.79 Å². The Labute approximate surface area is 112 Å². The number of nitrogens with zero attached hydrogens (tertiary/aromatic N) is 1. The Hall–Kier alpha value is -0.750. The fraction of sp³-hybridized carbons (Fsp3) is 0.833. The first kappa shape index (κ1) is 15.3. The zero-order valence-electron chi connectivity index (χ0n) is 11.6. The van der Waals surface area contributed by atoms with Gasteiger partial charge >= 0.3 is 5.97 Å². The number of carboxylic acids is 1. The lowest BCUT2D eigenvalue weighted by Gasteiger charge is -2.41. The summed E-state index contributed by atoms with van der Waals surface area (Å²) < 4.78 is 0. The molecular formula is C12H22N2O3S. The molecule has 2 unspecified atom stereocenters. The minimum atomic E-state index is -0.953. The SMILES string of the molecule is CC1SCC(C(=O)O)N1C(=O)C(C)(C)C(C)(C)N. The van der Waals surface area contributed by atoms with Gasteiger partial charge in [-0.2, -0.15) is 0 Å². The monoisotopic (exact) mass is 274 g/mol. The van der Waals surface area contributed by atoms with E-state index in [1.165, 1.54) is 16.7 Å². The zero-order valence-corrected chi connectivity index (χ0v) is 12.4. The molecule has 1 fully saturated rings. The Bertz CT molecular complexity index is 363. The maximum atomic E-state index is 12.6. The summed E-state index contributed by atoms with van der Waals surface area (Å²) >= 11 is 1.48. The average Bonchev–Trinajstić information content (AvgIpc) is 2.57. The van der Waals surface area contributed by atoms with Crippen molar-refractivity contribution < 1.29 is 14.7 Å². The fourth-order valence-electron chi connectivity index (χ4n) is 1.74. The molecule has 2 atom stereocenters. The number of carboxylic acid groups (broad SMARTS) is 1. The van der Waals surface area contributed by atoms with Gasteiger partial charge in [-0.15, -0.1) is 11.8 Å². The lowest BCUT2D eigenvalue weighted by Crippen LogP contribution is -2.59. The number of carbonyl (C=O) groups is 2. The number of amides is 1. The number of aliphatic carboxylic acids is 1. The van der Waals surface area contributed by atoms with Crippen LogP contribution in [0.25, 0.3) is 0 Å². The summed E-state index contributed by atoms with van der Waals surface area (Å²) in [6, 6.07) is -0.751. The first-order valence-corrected chi connectivity index (χ1v) is 7.01. The highest BCUT2D eigenvalue weighted by Gasteiger charge is 2.49. The number of nitrogens with two attached hydrogens (primary N) is 1. The summed E-state index contributed by atoms with van der Waals surface area (Å²) in [6.45, 7) is 8.96. The number of rotatable bonds is 3. The van der Waals surface area contributed by atoms with Crippen LogP contribution in [0.2, 0.25) is 0 Å². The molecule has 0 spiro atoms. The van der Waals surface area contributed by atoms with E-state index in [-0.39, 0.29) is 11.3 Å². The molecule has 1 aliphatic rings. The molecule has 0 saturated carbocycles. The highest BCUT2D eigenvalue weighted by molar-refractivity contribution is 8.00. The fourth-order valence-corrected chi connectivity index (χ4v) is 2.91. The van der Waals surface area contributed by atoms with Crippen molar-refractivity contribution in [3.05, 3.63) is 0 Å². The van der Waals surface area contributed by atoms with E-state index in [9.17, 15) is 14.7 Å². The number of hydrogen-bond acceptors (Lipinski definition) is 4. The van der Waals surface area contributed by atoms with Gasteiger partial charge in [-0.05, 0) is 34.6 Å². The standard InChI is InChI=1S/C12H22N2O3S/c1-7-14(8(6-18-7)9(15)16)10(17)11(2,3)12(4,5)13/h7-8H,6,13H2,1-5H3,(H,15,16). The highest BCUT2D eigenvalue weighted by atomic mass is 32.2. The van der Waals surface area contributed by atoms with E-state index in [2.05, 4.69) is 0 Å². The third-order valence-corrected chi connectivity index (χ3v) is 5.11. The van der Waals surface area contributed by atoms with Crippen LogP contribution in [0.5, 0.6) is 0 Å². The Morgan fingerprint density at radius 3 is 2.22 bits per heavy atom. The summed E-state index contributed by atoms with van der Waals surface area (Å²) in [5, 5.41) is 9.06. The van der Waals surface area contributed by atoms with E-state index in [0.29, 0.717) is 5.75 Å². The van der Waals surface area contributed by atoms with Crippen LogP contribution in [0.3, 0.4) is 0 Å². The number of carbonyl (C=O) groups excluding carboxylic acids is 1. The molecule has 0 aromatic carbocycles. The molecule has 18 heavy (non-hydrogen) atoms. The van der Waals surface area contributed by atoms with E-state index in [1.54, 1.807) is 27.7 Å². The second-order valence-electron chi connectivity index (χ2n) is 5.85. The van der Waals surface area contributed by atoms with E-state index in [0.717, 1.165) is 0 Å². The van der Waals surface area contributed by atoms with E-state index in [1.807, 2.05) is 6.92 Å². The topological polar surface area (TPSA) is 83.6 Å². The molecule has 3 N–H and O–H groups in total. The molecule has 1 rings (SSSR count). The number of thioether (sulfide) groups is 1. The summed E-state index contributed by atoms with van der Waals surface area (Å²) in [4.78, 5) is 25.3. The van der Waals surface area contributed by atoms with Crippen molar-refractivity contribution in [1.82, 2.24) is 4.90 Å². The molecule has 104 valence electrons. The molecule has 1 heterocycles. The van der Waals surface area contributed by atoms with Crippen LogP contribution in [-0.2, 0) is 9.59 Å². The van der Waals surface area contributed by atoms with Crippen LogP contribution in [0.15, 0.2) is 0 Å². The average molecular weight is 274 g/mol. The lowest BCUT2D eigenvalue weighted by atomic mass is 9.74. The van der Waals surface area contributed by atoms with E-state index >= 15 is 0 Å². The minimum Gasteiger partial charge on any atom is -0.480 e. The van der Waals surface area contributed by atoms with Gasteiger partial charge < -0.3 is 15.7 Å². The van der Waals surface area contributed by atoms with Gasteiger partial charge in [0.25, 0.3) is 0 Å². The first-order valence-electron chi connectivity index (χ1n) is 5.96. The van der Waals surface area contributed by atoms with Crippen molar-refractivity contribution in [1.29, 1.82) is 0 Å². The molecule has 0 aromatic rings. The van der Waals surface area contributed by atoms with Crippen LogP contribution in [-0.4, -0.2) is 44.6 Å². The Morgan fingerprint density at radius 2 is 1.83 bits per heavy atom. The van der Waals surface area contributed by atoms with Crippen molar-refractivity contribution in [2.75, 3.05) is 5.75 Å². The maximum Gasteiger partial charge on any atom is 0.327 e. The van der Waals surface area contributed by atoms with Crippen molar-refractivity contribution in [2.24, 2.45) is 11.1 Å². The highest BCUT2D eigenvalue weighted by Crippen LogP contribution is 2.37. The third kappa shape index (κ3) is 2.49. The van der Waals surface area contributed by atoms with Crippen molar-refractivity contribution in [2.45, 2.75) is 51.6 Å². The van der Waals surface area contributed by atoms with Crippen LogP contribution in [0.1, 0.15) is 34.6 Å². The summed E-state index contributed by atoms with van der Waals surface area (Å²) in [5.74, 6) is -0.714. The van der Waals surface area contributed by atoms with Gasteiger partial charge in [-0.3, -0.25) is 4.79 Å². The molecule has 1 aliphatic heterocycles. The van der Waals surface area contributed by atoms with Gasteiger partial charge in [0.05, 0.1) is 10.8 Å². The molecule has 1 saturated heterocycles. The molecule has 5 nitrogen and oxygen atoms in total. The van der Waals surface area contributed by atoms with Crippen LogP contribution >= 0.6 is 11.8 Å². The van der Waals surface area contributed by atoms with Crippen LogP contribution < -0.4 is 5.73 Å². The minimum absolute atomic E-state index is 0.125. The molecule has 0 aliphatic carbocycles. The van der Waals surface area contributed by atoms with Crippen molar-refractivity contribution in [3.8, 4) is 0 Å². The van der Waals surface area contributed by atoms with Crippen molar-refractivity contribution in [3.63, 3.8) is 0 Å². The molecule has 0 aromatic heterocycles. The Kier molecular flexibility index (Phi) is 4.03. The Balaban J connectivity index is 3.05. The quantitative estimate of drug-likeness (QED) is 0.806. The van der Waals surface area contributed by atoms with Gasteiger partial charge in [0, 0.05) is 11.3 Å². The molecule has 1 amide bonds. The molecule has 0 bridgehead atoms. The smallest absolute Gasteiger partial charge is 0.327 e. The Morgan fingerprint density at radius 1 is 1.33 bits per heavy atom. The van der Waals surface area contributed by atoms with Gasteiger partial charge in [0.1, 0.15) is 6.04 Å². The first-order chi connectivity index (χ1) is 8.00. The lowest BCUT2D eigenvalue weighted by molar-refractivity contribution is -0.155. The second kappa shape index (κ2) is 4.74. The summed E-state index contributed by atoms with van der Waals surface area (Å²) in [7, 11) is 0. The van der Waals surface area contributed by atoms with E-state index < -0.39 is 23.0 Å². The number of hydrogen-bond donors (Lipinski definition) is 2. The molecule has 0 radical (unpaired) electrons. The third-order valence-electron chi connectivity index (χ3n) is 3.89. The largest absolute Gasteiger partial charge is 0.480 e. The summed E-state index contributed by atoms with van der Waals surface area (Å²) in [6.07, 6.45) is 0. The van der Waals surface area contributed by atoms with Crippen LogP contribution in [0, 0.1) is 5.41 Å². The normalized spacial score (nSPS) is 25.3. The second-order valence-corrected chi connectivity index (χ2v) is 7.19. The summed E-state index contributed by atoms with van der Waals surface area (Å²) in [5.41, 5.74) is 4.53. The van der Waals surface area contributed by atoms with Gasteiger partial charge in [0.15, 0.2) is 0 Å². The van der Waals surface area contributed by atoms with Crippen LogP contribution in [0.4, 0.5) is 0 Å². The molecular weight excluding hydrogens is 252 g/mol. The van der Waals surface area contributed by atoms with Gasteiger partial charge in [0.2, 0.25) is 5.91 Å². The zero-order chi connectivity index (χ0) is 14.3.